The first-order chi connectivity index (χ1) is 21.3. The highest BCUT2D eigenvalue weighted by Crippen LogP contribution is 2.24. The zero-order chi connectivity index (χ0) is 33.4. The summed E-state index contributed by atoms with van der Waals surface area (Å²) in [6, 6.07) is 21.5. The summed E-state index contributed by atoms with van der Waals surface area (Å²) < 4.78 is 31.7. The largest absolute Gasteiger partial charge is 0.490 e. The molecular formula is C32H37F3N4O6. The third-order valence-electron chi connectivity index (χ3n) is 6.43. The van der Waals surface area contributed by atoms with E-state index in [2.05, 4.69) is 20.9 Å². The van der Waals surface area contributed by atoms with E-state index in [4.69, 9.17) is 9.90 Å². The molecule has 1 heterocycles. The van der Waals surface area contributed by atoms with Gasteiger partial charge in [0.1, 0.15) is 11.9 Å². The molecule has 0 spiro atoms. The van der Waals surface area contributed by atoms with E-state index in [-0.39, 0.29) is 18.2 Å². The summed E-state index contributed by atoms with van der Waals surface area (Å²) in [5.41, 5.74) is 2.74. The van der Waals surface area contributed by atoms with Gasteiger partial charge in [-0.25, -0.2) is 9.78 Å². The van der Waals surface area contributed by atoms with Gasteiger partial charge in [-0.1, -0.05) is 74.5 Å². The molecule has 2 aromatic carbocycles. The van der Waals surface area contributed by atoms with Crippen molar-refractivity contribution in [1.82, 2.24) is 15.6 Å². The summed E-state index contributed by atoms with van der Waals surface area (Å²) in [6.07, 6.45) is -1.90. The average molecular weight is 631 g/mol. The summed E-state index contributed by atoms with van der Waals surface area (Å²) in [7, 11) is 0. The Morgan fingerprint density at radius 1 is 0.822 bits per heavy atom. The van der Waals surface area contributed by atoms with E-state index < -0.39 is 36.1 Å². The maximum Gasteiger partial charge on any atom is 0.490 e. The highest BCUT2D eigenvalue weighted by molar-refractivity contribution is 5.88. The number of anilines is 1. The fraction of sp³-hybridized carbons (Fsp3) is 0.344. The molecule has 0 saturated carbocycles. The van der Waals surface area contributed by atoms with Crippen molar-refractivity contribution in [3.63, 3.8) is 0 Å². The van der Waals surface area contributed by atoms with E-state index in [0.717, 1.165) is 23.4 Å². The number of pyridine rings is 1. The minimum atomic E-state index is -5.08. The molecule has 0 fully saturated rings. The monoisotopic (exact) mass is 630 g/mol. The summed E-state index contributed by atoms with van der Waals surface area (Å²) in [4.78, 5) is 50.4. The van der Waals surface area contributed by atoms with Crippen LogP contribution in [0.25, 0.3) is 11.1 Å². The van der Waals surface area contributed by atoms with Crippen molar-refractivity contribution in [3.8, 4) is 11.1 Å². The number of hydrogen-bond acceptors (Lipinski definition) is 6. The van der Waals surface area contributed by atoms with Gasteiger partial charge >= 0.3 is 18.1 Å². The van der Waals surface area contributed by atoms with E-state index in [1.165, 1.54) is 0 Å². The molecule has 2 atom stereocenters. The topological polar surface area (TPSA) is 158 Å². The predicted octanol–water partition coefficient (Wildman–Crippen LogP) is 5.44. The van der Waals surface area contributed by atoms with Crippen LogP contribution in [0.3, 0.4) is 0 Å². The second kappa shape index (κ2) is 18.0. The summed E-state index contributed by atoms with van der Waals surface area (Å²) in [6.45, 7) is 4.39. The molecule has 2 amide bonds. The number of aliphatic carboxylic acids is 2. The van der Waals surface area contributed by atoms with E-state index in [1.54, 1.807) is 6.20 Å². The lowest BCUT2D eigenvalue weighted by Gasteiger charge is -2.25. The first-order valence-electron chi connectivity index (χ1n) is 14.2. The number of rotatable bonds is 14. The Kier molecular flexibility index (Phi) is 14.5. The number of nitrogens with one attached hydrogen (secondary N) is 3. The van der Waals surface area contributed by atoms with Crippen molar-refractivity contribution < 1.29 is 42.6 Å². The van der Waals surface area contributed by atoms with Crippen LogP contribution in [-0.4, -0.2) is 57.7 Å². The molecule has 0 saturated heterocycles. The third-order valence-corrected chi connectivity index (χ3v) is 6.43. The average Bonchev–Trinajstić information content (AvgIpc) is 3.00. The summed E-state index contributed by atoms with van der Waals surface area (Å²) >= 11 is 0. The number of carbonyl (C=O) groups excluding carboxylic acids is 2. The first-order valence-corrected chi connectivity index (χ1v) is 14.2. The Labute approximate surface area is 259 Å². The smallest absolute Gasteiger partial charge is 0.481 e. The molecule has 0 aliphatic carbocycles. The number of halogens is 3. The highest BCUT2D eigenvalue weighted by Gasteiger charge is 2.38. The normalized spacial score (nSPS) is 12.2. The zero-order valence-electron chi connectivity index (χ0n) is 24.9. The van der Waals surface area contributed by atoms with Gasteiger partial charge in [0.05, 0.1) is 12.5 Å². The molecule has 0 aliphatic rings. The molecule has 10 nitrogen and oxygen atoms in total. The molecule has 0 bridgehead atoms. The van der Waals surface area contributed by atoms with Gasteiger partial charge < -0.3 is 26.2 Å². The second-order valence-electron chi connectivity index (χ2n) is 10.3. The number of alkyl halides is 3. The number of amides is 2. The lowest BCUT2D eigenvalue weighted by molar-refractivity contribution is -0.192. The number of benzene rings is 2. The standard InChI is InChI=1S/C30H36N4O4.C2HF3O2/c1-21(2)29(34-27(35)13-7-9-19-32-26-12-6-8-18-31-26)30(38)33-25(20-28(36)37)24-16-14-23(15-17-24)22-10-4-3-5-11-22;3-2(4,5)1(6)7/h3-6,8,10-12,14-18,21,25,29H,7,9,13,19-20H2,1-2H3,(H,31,32)(H,33,38)(H,34,35)(H,36,37);(H,6,7)/t25?,29-;/m1./s1. The summed E-state index contributed by atoms with van der Waals surface area (Å²) in [5.74, 6) is -3.77. The SMILES string of the molecule is CC(C)[C@@H](NC(=O)CCCCNc1ccccn1)C(=O)NC(CC(=O)O)c1ccc(-c2ccccc2)cc1.O=C(O)C(F)(F)F. The maximum absolute atomic E-state index is 13.2. The van der Waals surface area contributed by atoms with E-state index in [9.17, 15) is 32.7 Å². The quantitative estimate of drug-likeness (QED) is 0.147. The minimum absolute atomic E-state index is 0.171. The van der Waals surface area contributed by atoms with Gasteiger partial charge in [-0.3, -0.25) is 14.4 Å². The molecule has 3 rings (SSSR count). The van der Waals surface area contributed by atoms with Crippen molar-refractivity contribution in [3.05, 3.63) is 84.6 Å². The van der Waals surface area contributed by atoms with Crippen LogP contribution in [-0.2, 0) is 19.2 Å². The van der Waals surface area contributed by atoms with Crippen molar-refractivity contribution in [2.24, 2.45) is 5.92 Å². The van der Waals surface area contributed by atoms with Gasteiger partial charge in [0.25, 0.3) is 0 Å². The van der Waals surface area contributed by atoms with Crippen molar-refractivity contribution in [1.29, 1.82) is 0 Å². The Balaban J connectivity index is 0.000000900. The Hall–Kier alpha value is -4.94. The molecule has 45 heavy (non-hydrogen) atoms. The summed E-state index contributed by atoms with van der Waals surface area (Å²) in [5, 5.41) is 25.5. The molecular weight excluding hydrogens is 593 g/mol. The van der Waals surface area contributed by atoms with Gasteiger partial charge in [0.2, 0.25) is 11.8 Å². The molecule has 13 heteroatoms. The fourth-order valence-corrected chi connectivity index (χ4v) is 4.10. The van der Waals surface area contributed by atoms with Gasteiger partial charge in [-0.05, 0) is 47.6 Å². The van der Waals surface area contributed by atoms with E-state index in [1.807, 2.05) is 86.6 Å². The van der Waals surface area contributed by atoms with Crippen LogP contribution in [0.15, 0.2) is 79.0 Å². The second-order valence-corrected chi connectivity index (χ2v) is 10.3. The molecule has 0 aliphatic heterocycles. The van der Waals surface area contributed by atoms with Crippen LogP contribution >= 0.6 is 0 Å². The first kappa shape index (κ1) is 36.3. The van der Waals surface area contributed by atoms with Crippen molar-refractivity contribution in [2.45, 2.75) is 57.8 Å². The van der Waals surface area contributed by atoms with Crippen LogP contribution in [0.4, 0.5) is 19.0 Å². The van der Waals surface area contributed by atoms with Crippen LogP contribution in [0, 0.1) is 5.92 Å². The van der Waals surface area contributed by atoms with Crippen LogP contribution in [0.1, 0.15) is 51.1 Å². The molecule has 0 radical (unpaired) electrons. The van der Waals surface area contributed by atoms with Crippen LogP contribution in [0.5, 0.6) is 0 Å². The lowest BCUT2D eigenvalue weighted by atomic mass is 9.97. The third kappa shape index (κ3) is 13.5. The number of nitrogens with zero attached hydrogens (tertiary/aromatic N) is 1. The van der Waals surface area contributed by atoms with Crippen molar-refractivity contribution in [2.75, 3.05) is 11.9 Å². The fourth-order valence-electron chi connectivity index (χ4n) is 4.10. The van der Waals surface area contributed by atoms with E-state index >= 15 is 0 Å². The van der Waals surface area contributed by atoms with Gasteiger partial charge in [-0.15, -0.1) is 0 Å². The van der Waals surface area contributed by atoms with Crippen LogP contribution < -0.4 is 16.0 Å². The predicted molar refractivity (Wildman–Crippen MR) is 162 cm³/mol. The number of aromatic nitrogens is 1. The Morgan fingerprint density at radius 3 is 1.96 bits per heavy atom. The van der Waals surface area contributed by atoms with E-state index in [0.29, 0.717) is 24.9 Å². The zero-order valence-corrected chi connectivity index (χ0v) is 24.9. The number of unbranched alkanes of at least 4 members (excludes halogenated alkanes) is 1. The Morgan fingerprint density at radius 2 is 1.42 bits per heavy atom. The maximum atomic E-state index is 13.2. The number of carboxylic acid groups (broad SMARTS) is 2. The number of carboxylic acids is 2. The van der Waals surface area contributed by atoms with Crippen LogP contribution in [0.2, 0.25) is 0 Å². The van der Waals surface area contributed by atoms with Gasteiger partial charge in [0.15, 0.2) is 0 Å². The molecule has 242 valence electrons. The lowest BCUT2D eigenvalue weighted by Crippen LogP contribution is -2.50. The Bertz CT molecular complexity index is 1370. The molecule has 1 aromatic heterocycles. The highest BCUT2D eigenvalue weighted by atomic mass is 19.4. The molecule has 3 aromatic rings. The number of carbonyl (C=O) groups is 4. The molecule has 1 unspecified atom stereocenters. The molecule has 5 N–H and O–H groups in total. The van der Waals surface area contributed by atoms with Gasteiger partial charge in [0, 0.05) is 19.2 Å². The number of hydrogen-bond donors (Lipinski definition) is 5. The minimum Gasteiger partial charge on any atom is -0.481 e. The van der Waals surface area contributed by atoms with Gasteiger partial charge in [-0.2, -0.15) is 13.2 Å². The van der Waals surface area contributed by atoms with Crippen molar-refractivity contribution >= 4 is 29.6 Å².